The summed E-state index contributed by atoms with van der Waals surface area (Å²) in [4.78, 5) is 26.4. The Morgan fingerprint density at radius 1 is 1.55 bits per heavy atom. The number of amides is 1. The second kappa shape index (κ2) is 8.16. The Kier molecular flexibility index (Phi) is 6.55. The molecule has 0 unspecified atom stereocenters. The number of hydrogen-bond acceptors (Lipinski definition) is 4. The minimum atomic E-state index is -0.496. The number of nitrogens with zero attached hydrogens (tertiary/aromatic N) is 3. The lowest BCUT2D eigenvalue weighted by atomic mass is 10.1. The van der Waals surface area contributed by atoms with Gasteiger partial charge in [-0.05, 0) is 12.3 Å². The Morgan fingerprint density at radius 3 is 2.77 bits per heavy atom. The topological polar surface area (TPSA) is 116 Å². The molecule has 8 heteroatoms. The van der Waals surface area contributed by atoms with Gasteiger partial charge in [-0.15, -0.1) is 0 Å². The lowest BCUT2D eigenvalue weighted by Gasteiger charge is -2.10. The van der Waals surface area contributed by atoms with E-state index in [1.807, 2.05) is 0 Å². The van der Waals surface area contributed by atoms with E-state index >= 15 is 0 Å². The van der Waals surface area contributed by atoms with Crippen LogP contribution in [-0.4, -0.2) is 34.8 Å². The zero-order chi connectivity index (χ0) is 16.7. The summed E-state index contributed by atoms with van der Waals surface area (Å²) < 4.78 is 1.63. The van der Waals surface area contributed by atoms with Gasteiger partial charge in [0.05, 0.1) is 17.0 Å². The number of carbonyl (C=O) groups excluding carboxylic acids is 1. The van der Waals surface area contributed by atoms with Gasteiger partial charge in [0, 0.05) is 32.6 Å². The van der Waals surface area contributed by atoms with Crippen LogP contribution in [0.5, 0.6) is 0 Å². The highest BCUT2D eigenvalue weighted by Gasteiger charge is 2.19. The van der Waals surface area contributed by atoms with Crippen LogP contribution in [0.25, 0.3) is 0 Å². The summed E-state index contributed by atoms with van der Waals surface area (Å²) in [6.45, 7) is 5.02. The third-order valence-electron chi connectivity index (χ3n) is 3.23. The van der Waals surface area contributed by atoms with Gasteiger partial charge >= 0.3 is 0 Å². The molecule has 122 valence electrons. The molecule has 1 heterocycles. The minimum absolute atomic E-state index is 0.0801. The minimum Gasteiger partial charge on any atom is -0.387 e. The molecule has 0 aliphatic rings. The molecule has 1 rings (SSSR count). The number of nitrogens with two attached hydrogens (primary N) is 1. The van der Waals surface area contributed by atoms with E-state index in [2.05, 4.69) is 24.2 Å². The van der Waals surface area contributed by atoms with Crippen molar-refractivity contribution in [3.05, 3.63) is 28.1 Å². The number of aryl methyl sites for hydroxylation is 1. The predicted molar refractivity (Wildman–Crippen MR) is 85.0 cm³/mol. The number of nitrogens with one attached hydrogen (secondary N) is 1. The molecule has 0 aliphatic heterocycles. The Balaban J connectivity index is 2.81. The van der Waals surface area contributed by atoms with Gasteiger partial charge in [-0.1, -0.05) is 13.8 Å². The molecular formula is C14H23N5O3. The first-order valence-electron chi connectivity index (χ1n) is 7.19. The average Bonchev–Trinajstić information content (AvgIpc) is 2.89. The number of hydrogen-bond donors (Lipinski definition) is 2. The van der Waals surface area contributed by atoms with Crippen molar-refractivity contribution in [3.8, 4) is 0 Å². The quantitative estimate of drug-likeness (QED) is 0.328. The van der Waals surface area contributed by atoms with Crippen LogP contribution in [0.2, 0.25) is 0 Å². The fraction of sp³-hybridized carbons (Fsp3) is 0.571. The van der Waals surface area contributed by atoms with Crippen LogP contribution in [0.4, 0.5) is 5.69 Å². The summed E-state index contributed by atoms with van der Waals surface area (Å²) in [5.41, 5.74) is 5.77. The maximum Gasteiger partial charge on any atom is 0.287 e. The van der Waals surface area contributed by atoms with Crippen LogP contribution in [0, 0.1) is 16.0 Å². The largest absolute Gasteiger partial charge is 0.387 e. The van der Waals surface area contributed by atoms with Crippen molar-refractivity contribution in [1.29, 1.82) is 0 Å². The van der Waals surface area contributed by atoms with Gasteiger partial charge < -0.3 is 15.6 Å². The standard InChI is InChI=1S/C14H23N5O3/c1-10(2)5-7-18-9-11(19(21)22)8-12(18)14(20)17-6-4-13(15)16-3/h8-10H,4-7H2,1-3H3,(H2,15,16)(H,17,20). The summed E-state index contributed by atoms with van der Waals surface area (Å²) in [6, 6.07) is 1.30. The highest BCUT2D eigenvalue weighted by atomic mass is 16.6. The summed E-state index contributed by atoms with van der Waals surface area (Å²) in [5.74, 6) is 0.542. The van der Waals surface area contributed by atoms with Crippen LogP contribution in [0.3, 0.4) is 0 Å². The molecular weight excluding hydrogens is 286 g/mol. The Bertz CT molecular complexity index is 563. The Hall–Kier alpha value is -2.38. The molecule has 0 saturated heterocycles. The highest BCUT2D eigenvalue weighted by Crippen LogP contribution is 2.18. The van der Waals surface area contributed by atoms with Crippen LogP contribution >= 0.6 is 0 Å². The van der Waals surface area contributed by atoms with Crippen molar-refractivity contribution in [3.63, 3.8) is 0 Å². The van der Waals surface area contributed by atoms with E-state index in [0.29, 0.717) is 37.0 Å². The summed E-state index contributed by atoms with van der Waals surface area (Å²) in [6.07, 6.45) is 2.68. The third kappa shape index (κ3) is 5.19. The summed E-state index contributed by atoms with van der Waals surface area (Å²) in [7, 11) is 1.58. The van der Waals surface area contributed by atoms with Crippen molar-refractivity contribution in [2.45, 2.75) is 33.2 Å². The van der Waals surface area contributed by atoms with Crippen molar-refractivity contribution < 1.29 is 9.72 Å². The highest BCUT2D eigenvalue weighted by molar-refractivity contribution is 5.93. The van der Waals surface area contributed by atoms with Crippen molar-refractivity contribution >= 4 is 17.4 Å². The smallest absolute Gasteiger partial charge is 0.287 e. The maximum absolute atomic E-state index is 12.2. The van der Waals surface area contributed by atoms with Crippen LogP contribution < -0.4 is 11.1 Å². The second-order valence-corrected chi connectivity index (χ2v) is 5.44. The van der Waals surface area contributed by atoms with Crippen molar-refractivity contribution in [2.24, 2.45) is 16.6 Å². The van der Waals surface area contributed by atoms with E-state index < -0.39 is 4.92 Å². The first kappa shape index (κ1) is 17.7. The zero-order valence-electron chi connectivity index (χ0n) is 13.2. The molecule has 0 radical (unpaired) electrons. The van der Waals surface area contributed by atoms with E-state index in [4.69, 9.17) is 5.73 Å². The van der Waals surface area contributed by atoms with E-state index in [9.17, 15) is 14.9 Å². The number of rotatable bonds is 8. The van der Waals surface area contributed by atoms with Crippen LogP contribution in [0.15, 0.2) is 17.3 Å². The molecule has 0 fully saturated rings. The Morgan fingerprint density at radius 2 is 2.23 bits per heavy atom. The third-order valence-corrected chi connectivity index (χ3v) is 3.23. The molecule has 0 saturated carbocycles. The van der Waals surface area contributed by atoms with E-state index in [1.54, 1.807) is 11.6 Å². The average molecular weight is 309 g/mol. The van der Waals surface area contributed by atoms with Gasteiger partial charge in [0.2, 0.25) is 0 Å². The molecule has 0 aromatic carbocycles. The fourth-order valence-electron chi connectivity index (χ4n) is 1.87. The molecule has 1 amide bonds. The molecule has 0 atom stereocenters. The Labute approximate surface area is 129 Å². The summed E-state index contributed by atoms with van der Waals surface area (Å²) in [5, 5.41) is 13.6. The van der Waals surface area contributed by atoms with E-state index in [1.165, 1.54) is 12.3 Å². The van der Waals surface area contributed by atoms with Crippen LogP contribution in [0.1, 0.15) is 37.2 Å². The van der Waals surface area contributed by atoms with Gasteiger partial charge in [-0.25, -0.2) is 0 Å². The molecule has 1 aromatic heterocycles. The number of carbonyl (C=O) groups is 1. The number of aliphatic imine (C=N–C) groups is 1. The SMILES string of the molecule is CN=C(N)CCNC(=O)c1cc([N+](=O)[O-])cn1CCC(C)C. The van der Waals surface area contributed by atoms with E-state index in [-0.39, 0.29) is 11.6 Å². The molecule has 0 bridgehead atoms. The lowest BCUT2D eigenvalue weighted by molar-refractivity contribution is -0.384. The van der Waals surface area contributed by atoms with Crippen molar-refractivity contribution in [2.75, 3.05) is 13.6 Å². The number of amidine groups is 1. The van der Waals surface area contributed by atoms with Crippen molar-refractivity contribution in [1.82, 2.24) is 9.88 Å². The van der Waals surface area contributed by atoms with Gasteiger partial charge in [0.25, 0.3) is 11.6 Å². The van der Waals surface area contributed by atoms with Crippen LogP contribution in [-0.2, 0) is 6.54 Å². The molecule has 22 heavy (non-hydrogen) atoms. The van der Waals surface area contributed by atoms with Gasteiger partial charge in [-0.3, -0.25) is 19.9 Å². The van der Waals surface area contributed by atoms with Gasteiger partial charge in [0.1, 0.15) is 5.69 Å². The van der Waals surface area contributed by atoms with Gasteiger partial charge in [-0.2, -0.15) is 0 Å². The molecule has 3 N–H and O–H groups in total. The lowest BCUT2D eigenvalue weighted by Crippen LogP contribution is -2.29. The first-order chi connectivity index (χ1) is 10.3. The molecule has 0 spiro atoms. The normalized spacial score (nSPS) is 11.7. The monoisotopic (exact) mass is 309 g/mol. The second-order valence-electron chi connectivity index (χ2n) is 5.44. The number of aromatic nitrogens is 1. The number of nitro groups is 1. The van der Waals surface area contributed by atoms with Gasteiger partial charge in [0.15, 0.2) is 0 Å². The maximum atomic E-state index is 12.2. The first-order valence-corrected chi connectivity index (χ1v) is 7.19. The zero-order valence-corrected chi connectivity index (χ0v) is 13.2. The predicted octanol–water partition coefficient (Wildman–Crippen LogP) is 1.55. The molecule has 1 aromatic rings. The molecule has 8 nitrogen and oxygen atoms in total. The van der Waals surface area contributed by atoms with E-state index in [0.717, 1.165) is 6.42 Å². The molecule has 0 aliphatic carbocycles. The fourth-order valence-corrected chi connectivity index (χ4v) is 1.87. The summed E-state index contributed by atoms with van der Waals surface area (Å²) >= 11 is 0.